The average Bonchev–Trinajstić information content (AvgIpc) is 3.17. The van der Waals surface area contributed by atoms with Crippen LogP contribution in [0.15, 0.2) is 47.8 Å². The van der Waals surface area contributed by atoms with Crippen LogP contribution in [0.25, 0.3) is 0 Å². The second kappa shape index (κ2) is 8.97. The van der Waals surface area contributed by atoms with Crippen LogP contribution >= 0.6 is 11.3 Å². The predicted molar refractivity (Wildman–Crippen MR) is 108 cm³/mol. The van der Waals surface area contributed by atoms with E-state index in [2.05, 4.69) is 5.32 Å². The highest BCUT2D eigenvalue weighted by Gasteiger charge is 2.28. The van der Waals surface area contributed by atoms with Gasteiger partial charge >= 0.3 is 0 Å². The highest BCUT2D eigenvalue weighted by Crippen LogP contribution is 2.18. The van der Waals surface area contributed by atoms with Crippen LogP contribution in [0.5, 0.6) is 0 Å². The molecule has 1 N–H and O–H groups in total. The zero-order valence-corrected chi connectivity index (χ0v) is 17.0. The van der Waals surface area contributed by atoms with Gasteiger partial charge in [-0.25, -0.2) is 8.42 Å². The fourth-order valence-corrected chi connectivity index (χ4v) is 5.39. The van der Waals surface area contributed by atoms with Crippen molar-refractivity contribution in [2.45, 2.75) is 18.7 Å². The van der Waals surface area contributed by atoms with Gasteiger partial charge in [-0.1, -0.05) is 36.4 Å². The summed E-state index contributed by atoms with van der Waals surface area (Å²) in [4.78, 5) is 15.4. The summed E-state index contributed by atoms with van der Waals surface area (Å²) in [5.41, 5.74) is 0.793. The molecule has 1 saturated heterocycles. The lowest BCUT2D eigenvalue weighted by atomic mass is 10.2. The molecule has 0 radical (unpaired) electrons. The van der Waals surface area contributed by atoms with Crippen LogP contribution in [-0.4, -0.2) is 56.3 Å². The zero-order valence-electron chi connectivity index (χ0n) is 15.4. The summed E-state index contributed by atoms with van der Waals surface area (Å²) in [5.74, 6) is -0.0105. The molecular weight excluding hydrogens is 382 g/mol. The van der Waals surface area contributed by atoms with E-state index in [-0.39, 0.29) is 17.7 Å². The Bertz CT molecular complexity index is 830. The quantitative estimate of drug-likeness (QED) is 0.763. The minimum atomic E-state index is -3.33. The van der Waals surface area contributed by atoms with Gasteiger partial charge in [-0.2, -0.15) is 4.31 Å². The third kappa shape index (κ3) is 5.62. The molecule has 2 heterocycles. The van der Waals surface area contributed by atoms with Gasteiger partial charge in [-0.15, -0.1) is 11.3 Å². The van der Waals surface area contributed by atoms with Crippen molar-refractivity contribution in [1.82, 2.24) is 14.5 Å². The largest absolute Gasteiger partial charge is 0.348 e. The summed E-state index contributed by atoms with van der Waals surface area (Å²) in [6, 6.07) is 13.2. The molecule has 0 spiro atoms. The number of thiophene rings is 1. The number of hydrogen-bond acceptors (Lipinski definition) is 5. The molecule has 8 heteroatoms. The number of benzene rings is 1. The first-order valence-corrected chi connectivity index (χ1v) is 11.5. The van der Waals surface area contributed by atoms with Gasteiger partial charge in [0.2, 0.25) is 15.9 Å². The molecule has 0 bridgehead atoms. The van der Waals surface area contributed by atoms with Crippen molar-refractivity contribution in [3.63, 3.8) is 0 Å². The van der Waals surface area contributed by atoms with Crippen LogP contribution in [0.4, 0.5) is 0 Å². The van der Waals surface area contributed by atoms with Crippen molar-refractivity contribution in [3.05, 3.63) is 58.3 Å². The lowest BCUT2D eigenvalue weighted by Gasteiger charge is -2.33. The molecule has 0 unspecified atom stereocenters. The molecule has 27 heavy (non-hydrogen) atoms. The van der Waals surface area contributed by atoms with Crippen molar-refractivity contribution in [2.75, 3.05) is 32.7 Å². The Labute approximate surface area is 164 Å². The molecule has 2 aromatic rings. The highest BCUT2D eigenvalue weighted by molar-refractivity contribution is 7.88. The Morgan fingerprint density at radius 3 is 2.44 bits per heavy atom. The van der Waals surface area contributed by atoms with E-state index < -0.39 is 10.0 Å². The molecule has 0 aliphatic carbocycles. The van der Waals surface area contributed by atoms with Crippen LogP contribution in [0, 0.1) is 0 Å². The van der Waals surface area contributed by atoms with E-state index in [4.69, 9.17) is 0 Å². The lowest BCUT2D eigenvalue weighted by molar-refractivity contribution is -0.123. The van der Waals surface area contributed by atoms with E-state index in [0.29, 0.717) is 32.7 Å². The smallest absolute Gasteiger partial charge is 0.234 e. The number of nitrogens with zero attached hydrogens (tertiary/aromatic N) is 2. The number of rotatable bonds is 7. The number of amides is 1. The molecule has 1 aromatic carbocycles. The van der Waals surface area contributed by atoms with Crippen molar-refractivity contribution in [1.29, 1.82) is 0 Å². The maximum atomic E-state index is 12.6. The van der Waals surface area contributed by atoms with Crippen LogP contribution in [-0.2, 0) is 20.6 Å². The minimum absolute atomic E-state index is 0.00922. The van der Waals surface area contributed by atoms with Crippen molar-refractivity contribution in [2.24, 2.45) is 0 Å². The van der Waals surface area contributed by atoms with Gasteiger partial charge in [0.25, 0.3) is 0 Å². The fourth-order valence-electron chi connectivity index (χ4n) is 3.14. The average molecular weight is 408 g/mol. The Hall–Kier alpha value is -1.74. The monoisotopic (exact) mass is 407 g/mol. The van der Waals surface area contributed by atoms with Gasteiger partial charge in [-0.3, -0.25) is 9.69 Å². The number of piperazine rings is 1. The third-order valence-electron chi connectivity index (χ3n) is 4.63. The fraction of sp³-hybridized carbons (Fsp3) is 0.421. The number of nitrogens with one attached hydrogen (secondary N) is 1. The number of sulfonamides is 1. The summed E-state index contributed by atoms with van der Waals surface area (Å²) >= 11 is 1.62. The van der Waals surface area contributed by atoms with Crippen molar-refractivity contribution in [3.8, 4) is 0 Å². The maximum absolute atomic E-state index is 12.6. The summed E-state index contributed by atoms with van der Waals surface area (Å²) in [6.45, 7) is 4.23. The van der Waals surface area contributed by atoms with E-state index in [9.17, 15) is 13.2 Å². The molecule has 1 fully saturated rings. The maximum Gasteiger partial charge on any atom is 0.234 e. The molecule has 6 nitrogen and oxygen atoms in total. The van der Waals surface area contributed by atoms with Crippen LogP contribution in [0.3, 0.4) is 0 Å². The lowest BCUT2D eigenvalue weighted by Crippen LogP contribution is -2.51. The Balaban J connectivity index is 1.46. The molecule has 1 atom stereocenters. The summed E-state index contributed by atoms with van der Waals surface area (Å²) in [6.07, 6.45) is 0. The second-order valence-corrected chi connectivity index (χ2v) is 9.67. The van der Waals surface area contributed by atoms with E-state index in [0.717, 1.165) is 10.4 Å². The Kier molecular flexibility index (Phi) is 6.64. The van der Waals surface area contributed by atoms with Crippen LogP contribution < -0.4 is 5.32 Å². The molecule has 1 aliphatic heterocycles. The zero-order chi connectivity index (χ0) is 19.3. The minimum Gasteiger partial charge on any atom is -0.348 e. The SMILES string of the molecule is C[C@H](NC(=O)CN1CCN(S(=O)(=O)Cc2ccccc2)CC1)c1cccs1. The van der Waals surface area contributed by atoms with Crippen LogP contribution in [0.2, 0.25) is 0 Å². The van der Waals surface area contributed by atoms with Gasteiger partial charge in [-0.05, 0) is 23.9 Å². The summed E-state index contributed by atoms with van der Waals surface area (Å²) in [5, 5.41) is 4.99. The van der Waals surface area contributed by atoms with E-state index >= 15 is 0 Å². The van der Waals surface area contributed by atoms with Gasteiger partial charge < -0.3 is 5.32 Å². The number of hydrogen-bond donors (Lipinski definition) is 1. The Morgan fingerprint density at radius 2 is 1.81 bits per heavy atom. The predicted octanol–water partition coefficient (Wildman–Crippen LogP) is 2.07. The summed E-state index contributed by atoms with van der Waals surface area (Å²) < 4.78 is 26.7. The van der Waals surface area contributed by atoms with Gasteiger partial charge in [0.15, 0.2) is 0 Å². The highest BCUT2D eigenvalue weighted by atomic mass is 32.2. The standard InChI is InChI=1S/C19H25N3O3S2/c1-16(18-8-5-13-26-18)20-19(23)14-21-9-11-22(12-10-21)27(24,25)15-17-6-3-2-4-7-17/h2-8,13,16H,9-12,14-15H2,1H3,(H,20,23)/t16-/m0/s1. The van der Waals surface area contributed by atoms with Crippen molar-refractivity contribution < 1.29 is 13.2 Å². The topological polar surface area (TPSA) is 69.7 Å². The Morgan fingerprint density at radius 1 is 1.11 bits per heavy atom. The first-order valence-electron chi connectivity index (χ1n) is 9.01. The van der Waals surface area contributed by atoms with E-state index in [1.165, 1.54) is 4.31 Å². The van der Waals surface area contributed by atoms with Gasteiger partial charge in [0.05, 0.1) is 18.3 Å². The molecule has 1 aromatic heterocycles. The normalized spacial score (nSPS) is 17.5. The van der Waals surface area contributed by atoms with E-state index in [1.807, 2.05) is 59.7 Å². The molecule has 1 aliphatic rings. The molecule has 0 saturated carbocycles. The molecular formula is C19H25N3O3S2. The van der Waals surface area contributed by atoms with Gasteiger partial charge in [0, 0.05) is 31.1 Å². The third-order valence-corrected chi connectivity index (χ3v) is 7.54. The van der Waals surface area contributed by atoms with E-state index in [1.54, 1.807) is 11.3 Å². The van der Waals surface area contributed by atoms with Crippen LogP contribution in [0.1, 0.15) is 23.4 Å². The summed E-state index contributed by atoms with van der Waals surface area (Å²) in [7, 11) is -3.33. The van der Waals surface area contributed by atoms with Gasteiger partial charge in [0.1, 0.15) is 0 Å². The number of carbonyl (C=O) groups is 1. The molecule has 3 rings (SSSR count). The number of carbonyl (C=O) groups excluding carboxylic acids is 1. The molecule has 1 amide bonds. The first-order chi connectivity index (χ1) is 12.9. The molecule has 146 valence electrons. The van der Waals surface area contributed by atoms with Crippen molar-refractivity contribution >= 4 is 27.3 Å². The second-order valence-electron chi connectivity index (χ2n) is 6.72. The first kappa shape index (κ1) is 20.0.